The fourth-order valence-electron chi connectivity index (χ4n) is 4.22. The average Bonchev–Trinajstić information content (AvgIpc) is 2.96. The van der Waals surface area contributed by atoms with Crippen LogP contribution in [0.4, 0.5) is 39.4 Å². The molecule has 0 aliphatic rings. The standard InChI is InChI=1S/C31H29F4N3O5S2/c1-19(2)27(18-44-25-12-10-24(11-13-25)43-31(33,34)35)20-3-7-22(8-4-20)36-30(40)37-23-9-16-29(39)28(17-23)38-45(41,42)26-14-5-21(32)6-15-26/h3-17,19,27,38-39H,18H2,1-2H3,(H2,36,37,40). The Morgan fingerprint density at radius 1 is 0.889 bits per heavy atom. The maximum absolute atomic E-state index is 13.2. The van der Waals surface area contributed by atoms with Crippen LogP contribution >= 0.6 is 11.8 Å². The third kappa shape index (κ3) is 9.78. The van der Waals surface area contributed by atoms with Crippen LogP contribution in [0.15, 0.2) is 101 Å². The van der Waals surface area contributed by atoms with Gasteiger partial charge in [0.15, 0.2) is 0 Å². The van der Waals surface area contributed by atoms with Crippen molar-refractivity contribution in [1.29, 1.82) is 0 Å². The molecule has 14 heteroatoms. The highest BCUT2D eigenvalue weighted by molar-refractivity contribution is 7.99. The highest BCUT2D eigenvalue weighted by Crippen LogP contribution is 2.34. The minimum absolute atomic E-state index is 0.109. The van der Waals surface area contributed by atoms with E-state index >= 15 is 0 Å². The summed E-state index contributed by atoms with van der Waals surface area (Å²) in [5.74, 6) is -0.245. The van der Waals surface area contributed by atoms with Crippen LogP contribution in [-0.2, 0) is 10.0 Å². The molecule has 0 spiro atoms. The number of aromatic hydroxyl groups is 1. The van der Waals surface area contributed by atoms with E-state index in [2.05, 4.69) is 33.9 Å². The number of anilines is 3. The van der Waals surface area contributed by atoms with Crippen molar-refractivity contribution in [2.45, 2.75) is 35.9 Å². The molecule has 1 unspecified atom stereocenters. The van der Waals surface area contributed by atoms with Gasteiger partial charge in [0, 0.05) is 22.0 Å². The van der Waals surface area contributed by atoms with Crippen molar-refractivity contribution in [3.8, 4) is 11.5 Å². The Morgan fingerprint density at radius 2 is 1.49 bits per heavy atom. The number of urea groups is 1. The summed E-state index contributed by atoms with van der Waals surface area (Å²) in [6.45, 7) is 4.13. The van der Waals surface area contributed by atoms with E-state index in [1.807, 2.05) is 12.1 Å². The molecule has 4 N–H and O–H groups in total. The molecule has 0 aliphatic carbocycles. The quantitative estimate of drug-likeness (QED) is 0.0554. The van der Waals surface area contributed by atoms with E-state index in [-0.39, 0.29) is 39.6 Å². The van der Waals surface area contributed by atoms with Crippen LogP contribution in [0, 0.1) is 11.7 Å². The molecule has 0 radical (unpaired) electrons. The number of carbonyl (C=O) groups excluding carboxylic acids is 1. The summed E-state index contributed by atoms with van der Waals surface area (Å²) in [6, 6.07) is 20.3. The number of alkyl halides is 3. The Balaban J connectivity index is 1.35. The molecule has 4 aromatic rings. The number of phenols is 1. The molecule has 0 aliphatic heterocycles. The first-order chi connectivity index (χ1) is 21.2. The molecule has 0 saturated carbocycles. The van der Waals surface area contributed by atoms with Gasteiger partial charge in [0.2, 0.25) is 0 Å². The van der Waals surface area contributed by atoms with E-state index in [9.17, 15) is 35.9 Å². The number of thioether (sulfide) groups is 1. The lowest BCUT2D eigenvalue weighted by Crippen LogP contribution is -2.20. The molecule has 0 bridgehead atoms. The van der Waals surface area contributed by atoms with Gasteiger partial charge in [0.05, 0.1) is 10.6 Å². The second kappa shape index (κ2) is 14.1. The lowest BCUT2D eigenvalue weighted by molar-refractivity contribution is -0.274. The second-order valence-electron chi connectivity index (χ2n) is 10.2. The van der Waals surface area contributed by atoms with E-state index < -0.39 is 28.2 Å². The van der Waals surface area contributed by atoms with E-state index in [0.717, 1.165) is 34.7 Å². The number of rotatable bonds is 11. The number of ether oxygens (including phenoxy) is 1. The van der Waals surface area contributed by atoms with Crippen LogP contribution in [-0.4, -0.2) is 31.7 Å². The smallest absolute Gasteiger partial charge is 0.506 e. The first kappa shape index (κ1) is 33.5. The highest BCUT2D eigenvalue weighted by atomic mass is 32.2. The summed E-state index contributed by atoms with van der Waals surface area (Å²) in [4.78, 5) is 13.3. The van der Waals surface area contributed by atoms with Crippen LogP contribution in [0.2, 0.25) is 0 Å². The Labute approximate surface area is 261 Å². The summed E-state index contributed by atoms with van der Waals surface area (Å²) in [5, 5.41) is 15.4. The topological polar surface area (TPSA) is 117 Å². The Morgan fingerprint density at radius 3 is 2.09 bits per heavy atom. The van der Waals surface area contributed by atoms with Crippen molar-refractivity contribution in [2.24, 2.45) is 5.92 Å². The molecule has 238 valence electrons. The summed E-state index contributed by atoms with van der Waals surface area (Å²) in [7, 11) is -4.14. The number of hydrogen-bond donors (Lipinski definition) is 4. The number of hydrogen-bond acceptors (Lipinski definition) is 6. The average molecular weight is 664 g/mol. The number of sulfonamides is 1. The number of carbonyl (C=O) groups is 1. The molecule has 8 nitrogen and oxygen atoms in total. The van der Waals surface area contributed by atoms with Crippen molar-refractivity contribution in [1.82, 2.24) is 0 Å². The van der Waals surface area contributed by atoms with Gasteiger partial charge in [0.1, 0.15) is 17.3 Å². The van der Waals surface area contributed by atoms with Gasteiger partial charge in [-0.3, -0.25) is 4.72 Å². The molecule has 4 aromatic carbocycles. The summed E-state index contributed by atoms with van der Waals surface area (Å²) < 4.78 is 81.8. The lowest BCUT2D eigenvalue weighted by Gasteiger charge is -2.21. The zero-order chi connectivity index (χ0) is 32.8. The predicted octanol–water partition coefficient (Wildman–Crippen LogP) is 8.41. The zero-order valence-electron chi connectivity index (χ0n) is 23.9. The van der Waals surface area contributed by atoms with Crippen LogP contribution in [0.1, 0.15) is 25.3 Å². The van der Waals surface area contributed by atoms with Crippen LogP contribution in [0.5, 0.6) is 11.5 Å². The van der Waals surface area contributed by atoms with Crippen molar-refractivity contribution >= 4 is 44.9 Å². The third-order valence-electron chi connectivity index (χ3n) is 6.51. The molecular weight excluding hydrogens is 634 g/mol. The highest BCUT2D eigenvalue weighted by Gasteiger charge is 2.31. The third-order valence-corrected chi connectivity index (χ3v) is 9.02. The van der Waals surface area contributed by atoms with Crippen molar-refractivity contribution < 1.29 is 40.6 Å². The van der Waals surface area contributed by atoms with E-state index in [1.54, 1.807) is 24.3 Å². The van der Waals surface area contributed by atoms with Crippen LogP contribution in [0.25, 0.3) is 0 Å². The summed E-state index contributed by atoms with van der Waals surface area (Å²) >= 11 is 1.51. The first-order valence-electron chi connectivity index (χ1n) is 13.5. The van der Waals surface area contributed by atoms with E-state index in [4.69, 9.17) is 0 Å². The maximum atomic E-state index is 13.2. The molecule has 0 saturated heterocycles. The monoisotopic (exact) mass is 663 g/mol. The van der Waals surface area contributed by atoms with Crippen molar-refractivity contribution in [2.75, 3.05) is 21.1 Å². The normalized spacial score (nSPS) is 12.4. The number of amides is 2. The van der Waals surface area contributed by atoms with Crippen LogP contribution < -0.4 is 20.1 Å². The molecule has 2 amide bonds. The van der Waals surface area contributed by atoms with E-state index in [0.29, 0.717) is 11.4 Å². The minimum Gasteiger partial charge on any atom is -0.506 e. The largest absolute Gasteiger partial charge is 0.573 e. The number of halogens is 4. The van der Waals surface area contributed by atoms with Gasteiger partial charge in [-0.15, -0.1) is 24.9 Å². The molecule has 1 atom stereocenters. The maximum Gasteiger partial charge on any atom is 0.573 e. The van der Waals surface area contributed by atoms with Gasteiger partial charge < -0.3 is 20.5 Å². The molecule has 0 fully saturated rings. The van der Waals surface area contributed by atoms with Gasteiger partial charge in [-0.1, -0.05) is 26.0 Å². The number of phenolic OH excluding ortho intramolecular Hbond substituents is 1. The predicted molar refractivity (Wildman–Crippen MR) is 166 cm³/mol. The first-order valence-corrected chi connectivity index (χ1v) is 15.9. The molecule has 4 rings (SSSR count). The van der Waals surface area contributed by atoms with Gasteiger partial charge in [-0.2, -0.15) is 0 Å². The second-order valence-corrected chi connectivity index (χ2v) is 12.9. The SMILES string of the molecule is CC(C)C(CSc1ccc(OC(F)(F)F)cc1)c1ccc(NC(=O)Nc2ccc(O)c(NS(=O)(=O)c3ccc(F)cc3)c2)cc1. The van der Waals surface area contributed by atoms with Gasteiger partial charge in [-0.05, 0) is 96.3 Å². The van der Waals surface area contributed by atoms with Crippen molar-refractivity contribution in [3.05, 3.63) is 102 Å². The zero-order valence-corrected chi connectivity index (χ0v) is 25.6. The lowest BCUT2D eigenvalue weighted by atomic mass is 9.90. The molecule has 0 aromatic heterocycles. The van der Waals surface area contributed by atoms with Crippen LogP contribution in [0.3, 0.4) is 0 Å². The fourth-order valence-corrected chi connectivity index (χ4v) is 6.56. The van der Waals surface area contributed by atoms with E-state index in [1.165, 1.54) is 42.1 Å². The number of nitrogens with one attached hydrogen (secondary N) is 3. The number of benzene rings is 4. The van der Waals surface area contributed by atoms with Crippen molar-refractivity contribution in [3.63, 3.8) is 0 Å². The molecule has 45 heavy (non-hydrogen) atoms. The Hall–Kier alpha value is -4.43. The Bertz CT molecular complexity index is 1720. The van der Waals surface area contributed by atoms with Gasteiger partial charge >= 0.3 is 12.4 Å². The summed E-state index contributed by atoms with van der Waals surface area (Å²) in [6.07, 6.45) is -4.75. The minimum atomic E-state index is -4.75. The van der Waals surface area contributed by atoms with Gasteiger partial charge in [-0.25, -0.2) is 17.6 Å². The summed E-state index contributed by atoms with van der Waals surface area (Å²) in [5.41, 5.74) is 1.50. The Kier molecular flexibility index (Phi) is 10.5. The van der Waals surface area contributed by atoms with Gasteiger partial charge in [0.25, 0.3) is 10.0 Å². The molecule has 0 heterocycles. The fraction of sp³-hybridized carbons (Fsp3) is 0.194. The molecular formula is C31H29F4N3O5S2.